The highest BCUT2D eigenvalue weighted by Gasteiger charge is 2.27. The SMILES string of the molecule is C=C(C)C1=CCB(O)OC1CC/C(=C/c1ccc(O)c(F)c1)CC. The van der Waals surface area contributed by atoms with E-state index in [4.69, 9.17) is 4.65 Å². The molecular formula is C19H24BFO3. The van der Waals surface area contributed by atoms with Gasteiger partial charge in [-0.1, -0.05) is 42.9 Å². The minimum Gasteiger partial charge on any atom is -0.505 e. The van der Waals surface area contributed by atoms with E-state index in [0.29, 0.717) is 6.32 Å². The molecule has 2 rings (SSSR count). The van der Waals surface area contributed by atoms with E-state index < -0.39 is 12.9 Å². The van der Waals surface area contributed by atoms with Gasteiger partial charge in [0.05, 0.1) is 6.10 Å². The van der Waals surface area contributed by atoms with Crippen molar-refractivity contribution in [2.24, 2.45) is 0 Å². The van der Waals surface area contributed by atoms with Crippen LogP contribution in [0.2, 0.25) is 6.32 Å². The van der Waals surface area contributed by atoms with Crippen molar-refractivity contribution in [2.45, 2.75) is 45.5 Å². The van der Waals surface area contributed by atoms with Gasteiger partial charge in [0.2, 0.25) is 0 Å². The lowest BCUT2D eigenvalue weighted by Crippen LogP contribution is -2.31. The van der Waals surface area contributed by atoms with Crippen molar-refractivity contribution >= 4 is 13.2 Å². The number of aromatic hydroxyl groups is 1. The first-order chi connectivity index (χ1) is 11.4. The molecule has 0 spiro atoms. The third-order valence-corrected chi connectivity index (χ3v) is 4.22. The molecule has 0 bridgehead atoms. The molecule has 1 heterocycles. The molecule has 0 aromatic heterocycles. The van der Waals surface area contributed by atoms with Gasteiger partial charge in [-0.25, -0.2) is 4.39 Å². The van der Waals surface area contributed by atoms with E-state index in [9.17, 15) is 14.5 Å². The van der Waals surface area contributed by atoms with Crippen molar-refractivity contribution in [3.8, 4) is 5.75 Å². The summed E-state index contributed by atoms with van der Waals surface area (Å²) in [6, 6.07) is 4.37. The molecule has 1 atom stereocenters. The van der Waals surface area contributed by atoms with Crippen LogP contribution in [0.4, 0.5) is 4.39 Å². The number of phenolic OH excluding ortho intramolecular Hbond substituents is 1. The Morgan fingerprint density at radius 1 is 1.50 bits per heavy atom. The molecule has 0 fully saturated rings. The molecule has 1 unspecified atom stereocenters. The molecular weight excluding hydrogens is 306 g/mol. The van der Waals surface area contributed by atoms with Crippen molar-refractivity contribution in [1.82, 2.24) is 0 Å². The zero-order valence-corrected chi connectivity index (χ0v) is 14.3. The lowest BCUT2D eigenvalue weighted by Gasteiger charge is -2.27. The summed E-state index contributed by atoms with van der Waals surface area (Å²) in [5.41, 5.74) is 3.88. The number of allylic oxidation sites excluding steroid dienone is 2. The molecule has 0 saturated heterocycles. The molecule has 2 N–H and O–H groups in total. The Balaban J connectivity index is 2.08. The molecule has 1 aliphatic rings. The Labute approximate surface area is 143 Å². The van der Waals surface area contributed by atoms with E-state index in [1.807, 2.05) is 19.1 Å². The Kier molecular flexibility index (Phi) is 6.40. The minimum atomic E-state index is -0.765. The highest BCUT2D eigenvalue weighted by molar-refractivity contribution is 6.43. The predicted molar refractivity (Wildman–Crippen MR) is 96.1 cm³/mol. The van der Waals surface area contributed by atoms with Crippen LogP contribution in [0.15, 0.2) is 47.6 Å². The Morgan fingerprint density at radius 2 is 2.25 bits per heavy atom. The largest absolute Gasteiger partial charge is 0.505 e. The van der Waals surface area contributed by atoms with Crippen molar-refractivity contribution < 1.29 is 19.2 Å². The number of phenols is 1. The van der Waals surface area contributed by atoms with Gasteiger partial charge >= 0.3 is 7.12 Å². The van der Waals surface area contributed by atoms with Gasteiger partial charge in [0.1, 0.15) is 0 Å². The van der Waals surface area contributed by atoms with Gasteiger partial charge in [-0.05, 0) is 49.5 Å². The first kappa shape index (κ1) is 18.5. The number of rotatable bonds is 6. The van der Waals surface area contributed by atoms with E-state index in [1.54, 1.807) is 6.07 Å². The average Bonchev–Trinajstić information content (AvgIpc) is 2.54. The van der Waals surface area contributed by atoms with E-state index in [0.717, 1.165) is 41.5 Å². The van der Waals surface area contributed by atoms with E-state index >= 15 is 0 Å². The van der Waals surface area contributed by atoms with E-state index in [2.05, 4.69) is 13.5 Å². The maximum atomic E-state index is 13.4. The number of hydrogen-bond acceptors (Lipinski definition) is 3. The van der Waals surface area contributed by atoms with Crippen LogP contribution in [0, 0.1) is 5.82 Å². The lowest BCUT2D eigenvalue weighted by molar-refractivity contribution is 0.183. The molecule has 3 nitrogen and oxygen atoms in total. The third kappa shape index (κ3) is 4.82. The van der Waals surface area contributed by atoms with Crippen molar-refractivity contribution in [2.75, 3.05) is 0 Å². The van der Waals surface area contributed by atoms with Crippen molar-refractivity contribution in [1.29, 1.82) is 0 Å². The normalized spacial score (nSPS) is 18.5. The van der Waals surface area contributed by atoms with Gasteiger partial charge in [0, 0.05) is 6.32 Å². The fourth-order valence-corrected chi connectivity index (χ4v) is 2.87. The van der Waals surface area contributed by atoms with Gasteiger partial charge < -0.3 is 14.8 Å². The van der Waals surface area contributed by atoms with Gasteiger partial charge in [-0.3, -0.25) is 0 Å². The van der Waals surface area contributed by atoms with Crippen molar-refractivity contribution in [3.63, 3.8) is 0 Å². The summed E-state index contributed by atoms with van der Waals surface area (Å²) in [4.78, 5) is 0. The van der Waals surface area contributed by atoms with Crippen LogP contribution in [0.5, 0.6) is 5.75 Å². The fourth-order valence-electron chi connectivity index (χ4n) is 2.87. The lowest BCUT2D eigenvalue weighted by atomic mass is 9.78. The number of hydrogen-bond donors (Lipinski definition) is 2. The van der Waals surface area contributed by atoms with Crippen molar-refractivity contribution in [3.05, 3.63) is 59.0 Å². The van der Waals surface area contributed by atoms with Crippen LogP contribution in [0.3, 0.4) is 0 Å². The smallest absolute Gasteiger partial charge is 0.458 e. The van der Waals surface area contributed by atoms with Crippen LogP contribution in [-0.4, -0.2) is 23.4 Å². The summed E-state index contributed by atoms with van der Waals surface area (Å²) in [5.74, 6) is -0.962. The monoisotopic (exact) mass is 330 g/mol. The molecule has 0 amide bonds. The van der Waals surface area contributed by atoms with Crippen LogP contribution >= 0.6 is 0 Å². The molecule has 1 aromatic rings. The molecule has 0 saturated carbocycles. The maximum Gasteiger partial charge on any atom is 0.458 e. The van der Waals surface area contributed by atoms with Crippen LogP contribution in [0.25, 0.3) is 6.08 Å². The summed E-state index contributed by atoms with van der Waals surface area (Å²) < 4.78 is 19.1. The first-order valence-corrected chi connectivity index (χ1v) is 8.28. The third-order valence-electron chi connectivity index (χ3n) is 4.22. The van der Waals surface area contributed by atoms with Gasteiger partial charge in [-0.15, -0.1) is 0 Å². The second-order valence-electron chi connectivity index (χ2n) is 6.16. The van der Waals surface area contributed by atoms with Crippen LogP contribution in [0.1, 0.15) is 38.7 Å². The topological polar surface area (TPSA) is 49.7 Å². The van der Waals surface area contributed by atoms with Crippen LogP contribution in [-0.2, 0) is 4.65 Å². The number of benzene rings is 1. The zero-order valence-electron chi connectivity index (χ0n) is 14.3. The Hall–Kier alpha value is -1.85. The van der Waals surface area contributed by atoms with E-state index in [1.165, 1.54) is 12.1 Å². The summed E-state index contributed by atoms with van der Waals surface area (Å²) in [7, 11) is -0.765. The summed E-state index contributed by atoms with van der Waals surface area (Å²) in [6.07, 6.45) is 6.60. The standard InChI is InChI=1S/C19H24BFO3/c1-4-14(11-15-5-7-18(22)17(21)12-15)6-8-19-16(13(2)3)9-10-20(23)24-19/h5,7,9,11-12,19,22-23H,2,4,6,8,10H2,1,3H3/b14-11+. The van der Waals surface area contributed by atoms with Gasteiger partial charge in [0.15, 0.2) is 11.6 Å². The zero-order chi connectivity index (χ0) is 17.7. The second kappa shape index (κ2) is 8.31. The van der Waals surface area contributed by atoms with E-state index in [-0.39, 0.29) is 11.9 Å². The Morgan fingerprint density at radius 3 is 2.88 bits per heavy atom. The summed E-state index contributed by atoms with van der Waals surface area (Å²) in [5, 5.41) is 19.0. The molecule has 5 heteroatoms. The molecule has 1 aromatic carbocycles. The average molecular weight is 330 g/mol. The number of halogens is 1. The highest BCUT2D eigenvalue weighted by Crippen LogP contribution is 2.28. The molecule has 128 valence electrons. The second-order valence-corrected chi connectivity index (χ2v) is 6.16. The minimum absolute atomic E-state index is 0.169. The molecule has 1 aliphatic heterocycles. The van der Waals surface area contributed by atoms with Gasteiger partial charge in [0.25, 0.3) is 0 Å². The van der Waals surface area contributed by atoms with Gasteiger partial charge in [-0.2, -0.15) is 0 Å². The summed E-state index contributed by atoms with van der Waals surface area (Å²) in [6.45, 7) is 7.97. The quantitative estimate of drug-likeness (QED) is 0.756. The highest BCUT2D eigenvalue weighted by atomic mass is 19.1. The summed E-state index contributed by atoms with van der Waals surface area (Å²) >= 11 is 0. The first-order valence-electron chi connectivity index (χ1n) is 8.28. The predicted octanol–water partition coefficient (Wildman–Crippen LogP) is 4.49. The fraction of sp³-hybridized carbons (Fsp3) is 0.368. The molecule has 0 aliphatic carbocycles. The van der Waals surface area contributed by atoms with Crippen LogP contribution < -0.4 is 0 Å². The molecule has 24 heavy (non-hydrogen) atoms. The Bertz CT molecular complexity index is 667. The molecule has 0 radical (unpaired) electrons. The maximum absolute atomic E-state index is 13.4.